The Morgan fingerprint density at radius 1 is 1.27 bits per heavy atom. The summed E-state index contributed by atoms with van der Waals surface area (Å²) in [5.74, 6) is -0.206. The quantitative estimate of drug-likeness (QED) is 0.698. The van der Waals surface area contributed by atoms with Gasteiger partial charge in [0.1, 0.15) is 5.82 Å². The smallest absolute Gasteiger partial charge is 0.123 e. The molecule has 0 N–H and O–H groups in total. The van der Waals surface area contributed by atoms with E-state index < -0.39 is 0 Å². The lowest BCUT2D eigenvalue weighted by molar-refractivity contribution is 0.625. The zero-order chi connectivity index (χ0) is 10.7. The highest BCUT2D eigenvalue weighted by Gasteiger charge is 2.09. The lowest BCUT2D eigenvalue weighted by atomic mass is 10.1. The van der Waals surface area contributed by atoms with Crippen molar-refractivity contribution in [2.75, 3.05) is 0 Å². The maximum Gasteiger partial charge on any atom is 0.123 e. The zero-order valence-corrected chi connectivity index (χ0v) is 9.56. The van der Waals surface area contributed by atoms with Crippen LogP contribution < -0.4 is 0 Å². The van der Waals surface area contributed by atoms with Crippen molar-refractivity contribution in [3.8, 4) is 0 Å². The van der Waals surface area contributed by atoms with Crippen LogP contribution in [0.3, 0.4) is 0 Å². The highest BCUT2D eigenvalue weighted by Crippen LogP contribution is 2.28. The highest BCUT2D eigenvalue weighted by molar-refractivity contribution is 7.10. The van der Waals surface area contributed by atoms with E-state index >= 15 is 0 Å². The van der Waals surface area contributed by atoms with Gasteiger partial charge in [-0.05, 0) is 35.6 Å². The number of thiophene rings is 1. The molecule has 0 saturated carbocycles. The first-order valence-electron chi connectivity index (χ1n) is 4.67. The molecule has 0 radical (unpaired) electrons. The fourth-order valence-electron chi connectivity index (χ4n) is 1.44. The Kier molecular flexibility index (Phi) is 3.39. The van der Waals surface area contributed by atoms with Gasteiger partial charge in [0.05, 0.1) is 5.38 Å². The second-order valence-electron chi connectivity index (χ2n) is 3.32. The van der Waals surface area contributed by atoms with Crippen LogP contribution in [0.15, 0.2) is 41.8 Å². The Bertz CT molecular complexity index is 425. The minimum atomic E-state index is -0.206. The average Bonchev–Trinajstić information content (AvgIpc) is 2.70. The molecule has 1 heterocycles. The van der Waals surface area contributed by atoms with Crippen LogP contribution in [0.25, 0.3) is 0 Å². The molecule has 3 heteroatoms. The first kappa shape index (κ1) is 10.7. The second kappa shape index (κ2) is 4.77. The second-order valence-corrected chi connectivity index (χ2v) is 4.82. The van der Waals surface area contributed by atoms with E-state index in [4.69, 9.17) is 11.6 Å². The predicted octanol–water partition coefficient (Wildman–Crippen LogP) is 4.41. The predicted molar refractivity (Wildman–Crippen MR) is 63.0 cm³/mol. The van der Waals surface area contributed by atoms with Crippen molar-refractivity contribution < 1.29 is 4.39 Å². The SMILES string of the molecule is Fc1cccc(CC(Cl)c2cccs2)c1. The molecule has 0 amide bonds. The standard InChI is InChI=1S/C12H10ClFS/c13-11(12-5-2-6-15-12)8-9-3-1-4-10(14)7-9/h1-7,11H,8H2. The van der Waals surface area contributed by atoms with Crippen molar-refractivity contribution in [1.29, 1.82) is 0 Å². The van der Waals surface area contributed by atoms with Gasteiger partial charge in [-0.15, -0.1) is 22.9 Å². The van der Waals surface area contributed by atoms with Gasteiger partial charge in [0.15, 0.2) is 0 Å². The fraction of sp³-hybridized carbons (Fsp3) is 0.167. The van der Waals surface area contributed by atoms with E-state index in [1.807, 2.05) is 23.6 Å². The van der Waals surface area contributed by atoms with Gasteiger partial charge in [0.25, 0.3) is 0 Å². The van der Waals surface area contributed by atoms with Crippen molar-refractivity contribution in [1.82, 2.24) is 0 Å². The summed E-state index contributed by atoms with van der Waals surface area (Å²) in [6, 6.07) is 10.6. The van der Waals surface area contributed by atoms with Crippen LogP contribution >= 0.6 is 22.9 Å². The molecule has 0 spiro atoms. The molecular formula is C12H10ClFS. The van der Waals surface area contributed by atoms with Crippen LogP contribution in [-0.4, -0.2) is 0 Å². The van der Waals surface area contributed by atoms with Crippen molar-refractivity contribution in [3.63, 3.8) is 0 Å². The summed E-state index contributed by atoms with van der Waals surface area (Å²) in [6.07, 6.45) is 0.666. The van der Waals surface area contributed by atoms with Gasteiger partial charge in [-0.2, -0.15) is 0 Å². The zero-order valence-electron chi connectivity index (χ0n) is 7.99. The number of halogens is 2. The first-order chi connectivity index (χ1) is 7.25. The molecule has 0 fully saturated rings. The number of hydrogen-bond donors (Lipinski definition) is 0. The normalized spacial score (nSPS) is 12.7. The van der Waals surface area contributed by atoms with E-state index in [0.29, 0.717) is 6.42 Å². The fourth-order valence-corrected chi connectivity index (χ4v) is 2.55. The van der Waals surface area contributed by atoms with E-state index in [1.54, 1.807) is 17.4 Å². The lowest BCUT2D eigenvalue weighted by Crippen LogP contribution is -1.93. The van der Waals surface area contributed by atoms with Gasteiger partial charge in [0, 0.05) is 4.88 Å². The van der Waals surface area contributed by atoms with Crippen molar-refractivity contribution in [3.05, 3.63) is 58.0 Å². The molecule has 1 aromatic heterocycles. The summed E-state index contributed by atoms with van der Waals surface area (Å²) in [6.45, 7) is 0. The minimum Gasteiger partial charge on any atom is -0.207 e. The van der Waals surface area contributed by atoms with Crippen molar-refractivity contribution in [2.24, 2.45) is 0 Å². The summed E-state index contributed by atoms with van der Waals surface area (Å²) >= 11 is 7.85. The molecule has 15 heavy (non-hydrogen) atoms. The molecule has 0 nitrogen and oxygen atoms in total. The molecule has 78 valence electrons. The van der Waals surface area contributed by atoms with Crippen molar-refractivity contribution >= 4 is 22.9 Å². The van der Waals surface area contributed by atoms with E-state index in [-0.39, 0.29) is 11.2 Å². The third-order valence-corrected chi connectivity index (χ3v) is 3.66. The summed E-state index contributed by atoms with van der Waals surface area (Å²) in [4.78, 5) is 1.13. The third kappa shape index (κ3) is 2.80. The lowest BCUT2D eigenvalue weighted by Gasteiger charge is -2.06. The molecule has 0 saturated heterocycles. The summed E-state index contributed by atoms with van der Waals surface area (Å²) in [5, 5.41) is 1.93. The molecule has 2 aromatic rings. The number of rotatable bonds is 3. The molecule has 0 bridgehead atoms. The first-order valence-corrected chi connectivity index (χ1v) is 5.99. The van der Waals surface area contributed by atoms with E-state index in [1.165, 1.54) is 12.1 Å². The minimum absolute atomic E-state index is 0.0631. The van der Waals surface area contributed by atoms with E-state index in [9.17, 15) is 4.39 Å². The number of benzene rings is 1. The van der Waals surface area contributed by atoms with Crippen LogP contribution in [0.5, 0.6) is 0 Å². The molecule has 0 aliphatic rings. The van der Waals surface area contributed by atoms with Gasteiger partial charge in [-0.25, -0.2) is 4.39 Å². The van der Waals surface area contributed by atoms with Gasteiger partial charge >= 0.3 is 0 Å². The monoisotopic (exact) mass is 240 g/mol. The number of hydrogen-bond acceptors (Lipinski definition) is 1. The molecule has 0 aliphatic carbocycles. The van der Waals surface area contributed by atoms with Crippen LogP contribution in [0.1, 0.15) is 15.8 Å². The Morgan fingerprint density at radius 2 is 2.13 bits per heavy atom. The molecule has 1 atom stereocenters. The Morgan fingerprint density at radius 3 is 2.80 bits per heavy atom. The summed E-state index contributed by atoms with van der Waals surface area (Å²) < 4.78 is 12.9. The van der Waals surface area contributed by atoms with Crippen LogP contribution in [0.4, 0.5) is 4.39 Å². The molecular weight excluding hydrogens is 231 g/mol. The molecule has 1 unspecified atom stereocenters. The van der Waals surface area contributed by atoms with Gasteiger partial charge in [-0.1, -0.05) is 18.2 Å². The number of alkyl halides is 1. The van der Waals surface area contributed by atoms with Gasteiger partial charge in [-0.3, -0.25) is 0 Å². The topological polar surface area (TPSA) is 0 Å². The maximum atomic E-state index is 12.9. The van der Waals surface area contributed by atoms with Crippen LogP contribution in [0.2, 0.25) is 0 Å². The van der Waals surface area contributed by atoms with E-state index in [2.05, 4.69) is 0 Å². The van der Waals surface area contributed by atoms with Crippen molar-refractivity contribution in [2.45, 2.75) is 11.8 Å². The molecule has 0 aliphatic heterocycles. The summed E-state index contributed by atoms with van der Waals surface area (Å²) in [7, 11) is 0. The van der Waals surface area contributed by atoms with Crippen LogP contribution in [-0.2, 0) is 6.42 Å². The Hall–Kier alpha value is -0.860. The molecule has 1 aromatic carbocycles. The Labute approximate surface area is 97.3 Å². The summed E-state index contributed by atoms with van der Waals surface area (Å²) in [5.41, 5.74) is 0.934. The largest absolute Gasteiger partial charge is 0.207 e. The highest BCUT2D eigenvalue weighted by atomic mass is 35.5. The van der Waals surface area contributed by atoms with Gasteiger partial charge < -0.3 is 0 Å². The molecule has 2 rings (SSSR count). The average molecular weight is 241 g/mol. The van der Waals surface area contributed by atoms with Gasteiger partial charge in [0.2, 0.25) is 0 Å². The third-order valence-electron chi connectivity index (χ3n) is 2.16. The van der Waals surface area contributed by atoms with Crippen LogP contribution in [0, 0.1) is 5.82 Å². The Balaban J connectivity index is 2.09. The van der Waals surface area contributed by atoms with E-state index in [0.717, 1.165) is 10.4 Å². The maximum absolute atomic E-state index is 12.9.